The van der Waals surface area contributed by atoms with E-state index in [4.69, 9.17) is 16.7 Å². The first-order valence-electron chi connectivity index (χ1n) is 6.17. The summed E-state index contributed by atoms with van der Waals surface area (Å²) in [5.41, 5.74) is -0.624. The maximum Gasteiger partial charge on any atom is 0.337 e. The molecular formula is C13H19ClN2O4S. The van der Waals surface area contributed by atoms with Crippen molar-refractivity contribution in [3.63, 3.8) is 0 Å². The second-order valence-corrected chi connectivity index (χ2v) is 7.65. The molecule has 6 nitrogen and oxygen atoms in total. The fourth-order valence-corrected chi connectivity index (χ4v) is 2.78. The van der Waals surface area contributed by atoms with Gasteiger partial charge in [-0.25, -0.2) is 17.9 Å². The van der Waals surface area contributed by atoms with Crippen molar-refractivity contribution in [2.75, 3.05) is 20.6 Å². The Balaban J connectivity index is 3.04. The van der Waals surface area contributed by atoms with Crippen molar-refractivity contribution in [3.05, 3.63) is 28.8 Å². The van der Waals surface area contributed by atoms with Crippen LogP contribution in [0.2, 0.25) is 5.02 Å². The van der Waals surface area contributed by atoms with Gasteiger partial charge in [0, 0.05) is 12.1 Å². The summed E-state index contributed by atoms with van der Waals surface area (Å²) < 4.78 is 26.9. The molecule has 0 aliphatic carbocycles. The summed E-state index contributed by atoms with van der Waals surface area (Å²) in [7, 11) is -0.106. The van der Waals surface area contributed by atoms with Gasteiger partial charge in [-0.1, -0.05) is 11.6 Å². The highest BCUT2D eigenvalue weighted by Crippen LogP contribution is 2.21. The summed E-state index contributed by atoms with van der Waals surface area (Å²) >= 11 is 5.73. The van der Waals surface area contributed by atoms with Crippen LogP contribution in [0.15, 0.2) is 23.1 Å². The summed E-state index contributed by atoms with van der Waals surface area (Å²) in [4.78, 5) is 12.8. The zero-order valence-corrected chi connectivity index (χ0v) is 13.9. The van der Waals surface area contributed by atoms with Crippen LogP contribution in [0, 0.1) is 0 Å². The summed E-state index contributed by atoms with van der Waals surface area (Å²) in [6.07, 6.45) is 0. The quantitative estimate of drug-likeness (QED) is 0.826. The molecule has 21 heavy (non-hydrogen) atoms. The van der Waals surface area contributed by atoms with Gasteiger partial charge in [0.2, 0.25) is 10.0 Å². The predicted octanol–water partition coefficient (Wildman–Crippen LogP) is 1.66. The lowest BCUT2D eigenvalue weighted by Crippen LogP contribution is -2.48. The summed E-state index contributed by atoms with van der Waals surface area (Å²) in [5, 5.41) is 8.98. The molecule has 0 atom stereocenters. The minimum atomic E-state index is -3.80. The van der Waals surface area contributed by atoms with Crippen LogP contribution in [0.5, 0.6) is 0 Å². The highest BCUT2D eigenvalue weighted by Gasteiger charge is 2.25. The van der Waals surface area contributed by atoms with Crippen LogP contribution in [0.3, 0.4) is 0 Å². The molecule has 1 aromatic carbocycles. The molecule has 0 aliphatic rings. The molecule has 0 saturated carbocycles. The molecule has 118 valence electrons. The average molecular weight is 335 g/mol. The van der Waals surface area contributed by atoms with Gasteiger partial charge in [-0.05, 0) is 46.1 Å². The highest BCUT2D eigenvalue weighted by atomic mass is 35.5. The molecule has 0 spiro atoms. The van der Waals surface area contributed by atoms with E-state index in [1.165, 1.54) is 12.1 Å². The Morgan fingerprint density at radius 3 is 2.43 bits per heavy atom. The lowest BCUT2D eigenvalue weighted by Gasteiger charge is -2.32. The van der Waals surface area contributed by atoms with E-state index in [9.17, 15) is 13.2 Å². The second-order valence-electron chi connectivity index (χ2n) is 5.48. The minimum absolute atomic E-state index is 0.00456. The zero-order valence-electron chi connectivity index (χ0n) is 12.3. The normalized spacial score (nSPS) is 12.7. The van der Waals surface area contributed by atoms with E-state index >= 15 is 0 Å². The topological polar surface area (TPSA) is 86.7 Å². The van der Waals surface area contributed by atoms with Crippen molar-refractivity contribution >= 4 is 27.6 Å². The third-order valence-corrected chi connectivity index (χ3v) is 5.11. The first kappa shape index (κ1) is 17.9. The van der Waals surface area contributed by atoms with Crippen molar-refractivity contribution in [2.45, 2.75) is 24.3 Å². The summed E-state index contributed by atoms with van der Waals surface area (Å²) in [6, 6.07) is 3.59. The Morgan fingerprint density at radius 2 is 1.95 bits per heavy atom. The van der Waals surface area contributed by atoms with E-state index in [0.29, 0.717) is 0 Å². The van der Waals surface area contributed by atoms with Crippen molar-refractivity contribution in [1.29, 1.82) is 0 Å². The lowest BCUT2D eigenvalue weighted by atomic mass is 10.1. The number of hydrogen-bond donors (Lipinski definition) is 2. The minimum Gasteiger partial charge on any atom is -0.478 e. The SMILES string of the molecule is CN(C)C(C)(C)CNS(=O)(=O)c1ccc(Cl)c(C(=O)O)c1. The monoisotopic (exact) mass is 334 g/mol. The Bertz CT molecular complexity index is 642. The largest absolute Gasteiger partial charge is 0.478 e. The number of sulfonamides is 1. The van der Waals surface area contributed by atoms with Crippen LogP contribution in [0.4, 0.5) is 0 Å². The molecule has 2 N–H and O–H groups in total. The van der Waals surface area contributed by atoms with Gasteiger partial charge in [0.1, 0.15) is 0 Å². The van der Waals surface area contributed by atoms with Gasteiger partial charge < -0.3 is 10.0 Å². The standard InChI is InChI=1S/C13H19ClN2O4S/c1-13(2,16(3)4)8-15-21(19,20)9-5-6-11(14)10(7-9)12(17)18/h5-7,15H,8H2,1-4H3,(H,17,18). The van der Waals surface area contributed by atoms with Crippen molar-refractivity contribution < 1.29 is 18.3 Å². The number of carbonyl (C=O) groups is 1. The van der Waals surface area contributed by atoms with E-state index in [-0.39, 0.29) is 27.6 Å². The highest BCUT2D eigenvalue weighted by molar-refractivity contribution is 7.89. The van der Waals surface area contributed by atoms with Gasteiger partial charge in [0.25, 0.3) is 0 Å². The van der Waals surface area contributed by atoms with E-state index in [1.54, 1.807) is 0 Å². The van der Waals surface area contributed by atoms with E-state index in [2.05, 4.69) is 4.72 Å². The molecule has 0 aromatic heterocycles. The van der Waals surface area contributed by atoms with Crippen molar-refractivity contribution in [2.24, 2.45) is 0 Å². The maximum absolute atomic E-state index is 12.2. The molecule has 0 fully saturated rings. The first-order valence-corrected chi connectivity index (χ1v) is 8.03. The third kappa shape index (κ3) is 4.41. The molecule has 1 aromatic rings. The fourth-order valence-electron chi connectivity index (χ4n) is 1.35. The van der Waals surface area contributed by atoms with Crippen molar-refractivity contribution in [3.8, 4) is 0 Å². The number of halogens is 1. The van der Waals surface area contributed by atoms with Crippen LogP contribution >= 0.6 is 11.6 Å². The van der Waals surface area contributed by atoms with E-state index < -0.39 is 16.0 Å². The number of hydrogen-bond acceptors (Lipinski definition) is 4. The Morgan fingerprint density at radius 1 is 1.38 bits per heavy atom. The molecule has 8 heteroatoms. The summed E-state index contributed by atoms with van der Waals surface area (Å²) in [6.45, 7) is 3.97. The van der Waals surface area contributed by atoms with Gasteiger partial charge in [-0.15, -0.1) is 0 Å². The Hall–Kier alpha value is -1.15. The molecular weight excluding hydrogens is 316 g/mol. The molecule has 0 amide bonds. The summed E-state index contributed by atoms with van der Waals surface area (Å²) in [5.74, 6) is -1.27. The molecule has 1 rings (SSSR count). The Labute approximate surface area is 129 Å². The lowest BCUT2D eigenvalue weighted by molar-refractivity contribution is 0.0697. The fraction of sp³-hybridized carbons (Fsp3) is 0.462. The first-order chi connectivity index (χ1) is 9.47. The van der Waals surface area contributed by atoms with Crippen LogP contribution < -0.4 is 4.72 Å². The van der Waals surface area contributed by atoms with Crippen LogP contribution in [-0.4, -0.2) is 50.6 Å². The smallest absolute Gasteiger partial charge is 0.337 e. The molecule has 0 unspecified atom stereocenters. The van der Waals surface area contributed by atoms with Gasteiger partial charge >= 0.3 is 5.97 Å². The average Bonchev–Trinajstić information content (AvgIpc) is 2.36. The number of carboxylic acid groups (broad SMARTS) is 1. The number of rotatable bonds is 6. The number of likely N-dealkylation sites (N-methyl/N-ethyl adjacent to an activating group) is 1. The number of carboxylic acids is 1. The second kappa shape index (κ2) is 6.31. The van der Waals surface area contributed by atoms with Gasteiger partial charge in [-0.3, -0.25) is 0 Å². The molecule has 0 aliphatic heterocycles. The molecule has 0 bridgehead atoms. The number of benzene rings is 1. The predicted molar refractivity (Wildman–Crippen MR) is 81.4 cm³/mol. The Kier molecular flexibility index (Phi) is 5.38. The van der Waals surface area contributed by atoms with Gasteiger partial charge in [0.15, 0.2) is 0 Å². The number of nitrogens with zero attached hydrogens (tertiary/aromatic N) is 1. The van der Waals surface area contributed by atoms with Crippen LogP contribution in [0.1, 0.15) is 24.2 Å². The van der Waals surface area contributed by atoms with E-state index in [1.807, 2.05) is 32.8 Å². The van der Waals surface area contributed by atoms with Crippen LogP contribution in [-0.2, 0) is 10.0 Å². The number of aromatic carboxylic acids is 1. The molecule has 0 radical (unpaired) electrons. The molecule has 0 saturated heterocycles. The zero-order chi connectivity index (χ0) is 16.4. The maximum atomic E-state index is 12.2. The number of nitrogens with one attached hydrogen (secondary N) is 1. The van der Waals surface area contributed by atoms with Crippen molar-refractivity contribution in [1.82, 2.24) is 9.62 Å². The van der Waals surface area contributed by atoms with Crippen LogP contribution in [0.25, 0.3) is 0 Å². The van der Waals surface area contributed by atoms with E-state index in [0.717, 1.165) is 6.07 Å². The van der Waals surface area contributed by atoms with Gasteiger partial charge in [-0.2, -0.15) is 0 Å². The molecule has 0 heterocycles. The van der Waals surface area contributed by atoms with Gasteiger partial charge in [0.05, 0.1) is 15.5 Å². The third-order valence-electron chi connectivity index (χ3n) is 3.38.